The van der Waals surface area contributed by atoms with E-state index >= 15 is 0 Å². The van der Waals surface area contributed by atoms with Crippen molar-refractivity contribution in [2.24, 2.45) is 5.92 Å². The lowest BCUT2D eigenvalue weighted by Crippen LogP contribution is -2.34. The molecule has 1 fully saturated rings. The Morgan fingerprint density at radius 1 is 1.33 bits per heavy atom. The van der Waals surface area contributed by atoms with Crippen LogP contribution in [0.1, 0.15) is 42.9 Å². The number of rotatable bonds is 6. The van der Waals surface area contributed by atoms with Crippen molar-refractivity contribution in [3.63, 3.8) is 0 Å². The van der Waals surface area contributed by atoms with Crippen LogP contribution in [0, 0.1) is 5.92 Å². The van der Waals surface area contributed by atoms with Gasteiger partial charge in [0.25, 0.3) is 0 Å². The van der Waals surface area contributed by atoms with Gasteiger partial charge in [-0.15, -0.1) is 11.3 Å². The Bertz CT molecular complexity index is 348. The molecule has 18 heavy (non-hydrogen) atoms. The number of hydrogen-bond donors (Lipinski definition) is 1. The minimum Gasteiger partial charge on any atom is -0.312 e. The summed E-state index contributed by atoms with van der Waals surface area (Å²) in [6.45, 7) is 10.3. The first kappa shape index (κ1) is 14.0. The van der Waals surface area contributed by atoms with Crippen molar-refractivity contribution in [1.82, 2.24) is 10.2 Å². The van der Waals surface area contributed by atoms with Gasteiger partial charge in [0.15, 0.2) is 0 Å². The van der Waals surface area contributed by atoms with Crippen molar-refractivity contribution >= 4 is 11.3 Å². The quantitative estimate of drug-likeness (QED) is 0.848. The van der Waals surface area contributed by atoms with Crippen LogP contribution < -0.4 is 5.32 Å². The molecule has 0 aromatic carbocycles. The number of hydrogen-bond acceptors (Lipinski definition) is 3. The lowest BCUT2D eigenvalue weighted by Gasteiger charge is -2.31. The van der Waals surface area contributed by atoms with Gasteiger partial charge in [-0.2, -0.15) is 0 Å². The van der Waals surface area contributed by atoms with Crippen LogP contribution in [0.4, 0.5) is 0 Å². The summed E-state index contributed by atoms with van der Waals surface area (Å²) >= 11 is 1.97. The van der Waals surface area contributed by atoms with E-state index in [-0.39, 0.29) is 0 Å². The minimum atomic E-state index is 0.931. The first-order chi connectivity index (χ1) is 8.81. The number of nitrogens with one attached hydrogen (secondary N) is 1. The van der Waals surface area contributed by atoms with E-state index in [2.05, 4.69) is 36.2 Å². The second kappa shape index (κ2) is 7.27. The second-order valence-corrected chi connectivity index (χ2v) is 6.55. The first-order valence-corrected chi connectivity index (χ1v) is 8.14. The van der Waals surface area contributed by atoms with Gasteiger partial charge in [0.1, 0.15) is 0 Å². The highest BCUT2D eigenvalue weighted by Crippen LogP contribution is 2.23. The summed E-state index contributed by atoms with van der Waals surface area (Å²) in [6.07, 6.45) is 4.16. The van der Waals surface area contributed by atoms with Crippen molar-refractivity contribution in [2.45, 2.75) is 46.2 Å². The molecule has 0 aliphatic carbocycles. The molecule has 1 aromatic rings. The van der Waals surface area contributed by atoms with Gasteiger partial charge in [0.2, 0.25) is 0 Å². The molecule has 1 aliphatic heterocycles. The minimum absolute atomic E-state index is 0.931. The molecule has 1 saturated heterocycles. The highest BCUT2D eigenvalue weighted by atomic mass is 32.1. The molecule has 2 heterocycles. The Kier molecular flexibility index (Phi) is 5.67. The van der Waals surface area contributed by atoms with Crippen molar-refractivity contribution in [2.75, 3.05) is 19.6 Å². The molecule has 3 heteroatoms. The molecule has 1 unspecified atom stereocenters. The lowest BCUT2D eigenvalue weighted by molar-refractivity contribution is 0.166. The maximum Gasteiger partial charge on any atom is 0.0328 e. The average Bonchev–Trinajstić information content (AvgIpc) is 2.84. The molecule has 1 N–H and O–H groups in total. The summed E-state index contributed by atoms with van der Waals surface area (Å²) in [7, 11) is 0. The Labute approximate surface area is 115 Å². The van der Waals surface area contributed by atoms with Gasteiger partial charge in [-0.05, 0) is 44.0 Å². The Balaban J connectivity index is 1.83. The molecule has 1 aromatic heterocycles. The molecule has 0 radical (unpaired) electrons. The maximum atomic E-state index is 3.39. The third-order valence-electron chi connectivity index (χ3n) is 3.83. The smallest absolute Gasteiger partial charge is 0.0328 e. The fourth-order valence-corrected chi connectivity index (χ4v) is 3.73. The Morgan fingerprint density at radius 2 is 2.17 bits per heavy atom. The van der Waals surface area contributed by atoms with Gasteiger partial charge in [-0.25, -0.2) is 0 Å². The van der Waals surface area contributed by atoms with Gasteiger partial charge < -0.3 is 5.32 Å². The van der Waals surface area contributed by atoms with E-state index in [1.54, 1.807) is 0 Å². The molecule has 1 atom stereocenters. The summed E-state index contributed by atoms with van der Waals surface area (Å²) in [6, 6.07) is 4.59. The summed E-state index contributed by atoms with van der Waals surface area (Å²) in [5.41, 5.74) is 0. The SMILES string of the molecule is CCNCc1ccc(CN2CCCC(CC)C2)s1. The van der Waals surface area contributed by atoms with Gasteiger partial charge in [-0.1, -0.05) is 20.3 Å². The lowest BCUT2D eigenvalue weighted by atomic mass is 9.96. The molecule has 0 bridgehead atoms. The second-order valence-electron chi connectivity index (χ2n) is 5.30. The molecular weight excluding hydrogens is 240 g/mol. The van der Waals surface area contributed by atoms with Crippen molar-refractivity contribution < 1.29 is 0 Å². The van der Waals surface area contributed by atoms with Crippen LogP contribution in [0.15, 0.2) is 12.1 Å². The highest BCUT2D eigenvalue weighted by molar-refractivity contribution is 7.11. The van der Waals surface area contributed by atoms with E-state index in [4.69, 9.17) is 0 Å². The maximum absolute atomic E-state index is 3.39. The third-order valence-corrected chi connectivity index (χ3v) is 4.90. The van der Waals surface area contributed by atoms with Crippen molar-refractivity contribution in [3.8, 4) is 0 Å². The largest absolute Gasteiger partial charge is 0.312 e. The van der Waals surface area contributed by atoms with E-state index in [1.807, 2.05) is 11.3 Å². The predicted molar refractivity (Wildman–Crippen MR) is 80.0 cm³/mol. The van der Waals surface area contributed by atoms with Crippen LogP contribution in [0.2, 0.25) is 0 Å². The molecule has 0 saturated carbocycles. The summed E-state index contributed by atoms with van der Waals surface area (Å²) in [5, 5.41) is 3.39. The number of nitrogens with zero attached hydrogens (tertiary/aromatic N) is 1. The monoisotopic (exact) mass is 266 g/mol. The van der Waals surface area contributed by atoms with Crippen LogP contribution in [-0.2, 0) is 13.1 Å². The molecular formula is C15H26N2S. The normalized spacial score (nSPS) is 21.3. The number of likely N-dealkylation sites (tertiary alicyclic amines) is 1. The molecule has 1 aliphatic rings. The fraction of sp³-hybridized carbons (Fsp3) is 0.733. The number of thiophene rings is 1. The van der Waals surface area contributed by atoms with Crippen molar-refractivity contribution in [3.05, 3.63) is 21.9 Å². The Morgan fingerprint density at radius 3 is 2.94 bits per heavy atom. The molecule has 2 nitrogen and oxygen atoms in total. The molecule has 0 amide bonds. The zero-order valence-corrected chi connectivity index (χ0v) is 12.6. The number of piperidine rings is 1. The van der Waals surface area contributed by atoms with Gasteiger partial charge in [-0.3, -0.25) is 4.90 Å². The Hall–Kier alpha value is -0.380. The van der Waals surface area contributed by atoms with Gasteiger partial charge in [0.05, 0.1) is 0 Å². The fourth-order valence-electron chi connectivity index (χ4n) is 2.70. The van der Waals surface area contributed by atoms with E-state index < -0.39 is 0 Å². The van der Waals surface area contributed by atoms with Crippen LogP contribution >= 0.6 is 11.3 Å². The van der Waals surface area contributed by atoms with E-state index in [0.717, 1.165) is 25.6 Å². The zero-order chi connectivity index (χ0) is 12.8. The first-order valence-electron chi connectivity index (χ1n) is 7.32. The molecule has 2 rings (SSSR count). The standard InChI is InChI=1S/C15H26N2S/c1-3-13-6-5-9-17(11-13)12-15-8-7-14(18-15)10-16-4-2/h7-8,13,16H,3-6,9-12H2,1-2H3. The summed E-state index contributed by atoms with van der Waals surface area (Å²) in [5.74, 6) is 0.931. The molecule has 0 spiro atoms. The van der Waals surface area contributed by atoms with Crippen LogP contribution in [-0.4, -0.2) is 24.5 Å². The van der Waals surface area contributed by atoms with Crippen molar-refractivity contribution in [1.29, 1.82) is 0 Å². The predicted octanol–water partition coefficient (Wildman–Crippen LogP) is 3.48. The zero-order valence-electron chi connectivity index (χ0n) is 11.7. The van der Waals surface area contributed by atoms with E-state index in [9.17, 15) is 0 Å². The topological polar surface area (TPSA) is 15.3 Å². The van der Waals surface area contributed by atoms with Gasteiger partial charge >= 0.3 is 0 Å². The van der Waals surface area contributed by atoms with Crippen LogP contribution in [0.25, 0.3) is 0 Å². The summed E-state index contributed by atoms with van der Waals surface area (Å²) in [4.78, 5) is 5.64. The van der Waals surface area contributed by atoms with Gasteiger partial charge in [0, 0.05) is 29.4 Å². The van der Waals surface area contributed by atoms with E-state index in [1.165, 1.54) is 42.1 Å². The van der Waals surface area contributed by atoms with Crippen LogP contribution in [0.3, 0.4) is 0 Å². The highest BCUT2D eigenvalue weighted by Gasteiger charge is 2.18. The average molecular weight is 266 g/mol. The van der Waals surface area contributed by atoms with Crippen LogP contribution in [0.5, 0.6) is 0 Å². The molecule has 102 valence electrons. The third kappa shape index (κ3) is 4.08. The summed E-state index contributed by atoms with van der Waals surface area (Å²) < 4.78 is 0. The van der Waals surface area contributed by atoms with E-state index in [0.29, 0.717) is 0 Å².